The number of aliphatic hydroxyl groups excluding tert-OH is 1. The first-order valence-electron chi connectivity index (χ1n) is 4.49. The highest BCUT2D eigenvalue weighted by atomic mass is 16.3. The number of likely N-dealkylation sites (tertiary alicyclic amines) is 1. The Morgan fingerprint density at radius 3 is 2.92 bits per heavy atom. The highest BCUT2D eigenvalue weighted by molar-refractivity contribution is 5.77. The van der Waals surface area contributed by atoms with E-state index in [0.717, 1.165) is 25.1 Å². The smallest absolute Gasteiger partial charge is 0.133 e. The number of aliphatic hydroxyl groups is 1. The second kappa shape index (κ2) is 3.27. The van der Waals surface area contributed by atoms with E-state index in [4.69, 9.17) is 0 Å². The number of aliphatic imine (C=N–C) groups is 1. The van der Waals surface area contributed by atoms with Crippen LogP contribution in [0.15, 0.2) is 16.3 Å². The molecule has 2 aliphatic rings. The lowest BCUT2D eigenvalue weighted by Crippen LogP contribution is -2.39. The Hall–Kier alpha value is -0.830. The Morgan fingerprint density at radius 2 is 2.33 bits per heavy atom. The van der Waals surface area contributed by atoms with E-state index in [1.807, 2.05) is 0 Å². The maximum absolute atomic E-state index is 9.44. The molecule has 0 saturated carbocycles. The van der Waals surface area contributed by atoms with Crippen LogP contribution in [0.5, 0.6) is 0 Å². The second-order valence-corrected chi connectivity index (χ2v) is 3.40. The molecule has 3 heteroatoms. The summed E-state index contributed by atoms with van der Waals surface area (Å²) >= 11 is 0. The third kappa shape index (κ3) is 1.50. The maximum atomic E-state index is 9.44. The molecular weight excluding hydrogens is 152 g/mol. The van der Waals surface area contributed by atoms with Gasteiger partial charge < -0.3 is 5.11 Å². The Balaban J connectivity index is 1.96. The molecule has 1 N–H and O–H groups in total. The zero-order valence-electron chi connectivity index (χ0n) is 7.16. The molecule has 12 heavy (non-hydrogen) atoms. The molecule has 2 rings (SSSR count). The predicted molar refractivity (Wildman–Crippen MR) is 48.7 cm³/mol. The van der Waals surface area contributed by atoms with Crippen molar-refractivity contribution in [1.82, 2.24) is 4.90 Å². The van der Waals surface area contributed by atoms with Gasteiger partial charge in [-0.25, -0.2) is 0 Å². The average molecular weight is 166 g/mol. The van der Waals surface area contributed by atoms with Crippen molar-refractivity contribution in [3.05, 3.63) is 11.3 Å². The van der Waals surface area contributed by atoms with Crippen LogP contribution in [0.4, 0.5) is 0 Å². The van der Waals surface area contributed by atoms with Crippen LogP contribution in [-0.2, 0) is 0 Å². The summed E-state index contributed by atoms with van der Waals surface area (Å²) in [5.41, 5.74) is 1.16. The molecule has 0 atom stereocenters. The van der Waals surface area contributed by atoms with Crippen LogP contribution in [0.1, 0.15) is 12.8 Å². The summed E-state index contributed by atoms with van der Waals surface area (Å²) in [5.74, 6) is 0.396. The van der Waals surface area contributed by atoms with Crippen LogP contribution in [0.25, 0.3) is 0 Å². The highest BCUT2D eigenvalue weighted by Crippen LogP contribution is 2.15. The zero-order valence-corrected chi connectivity index (χ0v) is 7.16. The molecule has 0 bridgehead atoms. The molecule has 1 fully saturated rings. The summed E-state index contributed by atoms with van der Waals surface area (Å²) in [4.78, 5) is 6.36. The van der Waals surface area contributed by atoms with Crippen molar-refractivity contribution >= 4 is 6.21 Å². The number of allylic oxidation sites excluding steroid dienone is 1. The maximum Gasteiger partial charge on any atom is 0.133 e. The summed E-state index contributed by atoms with van der Waals surface area (Å²) in [6, 6.07) is 0. The van der Waals surface area contributed by atoms with Crippen LogP contribution in [-0.4, -0.2) is 42.4 Å². The molecule has 0 radical (unpaired) electrons. The third-order valence-corrected chi connectivity index (χ3v) is 2.48. The number of dihydropyridines is 1. The van der Waals surface area contributed by atoms with Gasteiger partial charge in [-0.05, 0) is 31.5 Å². The first-order chi connectivity index (χ1) is 5.86. The lowest BCUT2D eigenvalue weighted by Gasteiger charge is -2.32. The van der Waals surface area contributed by atoms with Crippen LogP contribution >= 0.6 is 0 Å². The molecule has 2 heterocycles. The van der Waals surface area contributed by atoms with Crippen molar-refractivity contribution in [2.45, 2.75) is 12.8 Å². The minimum Gasteiger partial charge on any atom is -0.506 e. The van der Waals surface area contributed by atoms with Crippen molar-refractivity contribution in [2.75, 3.05) is 26.2 Å². The standard InChI is InChI=1S/C9H14N2O/c12-9-6-10-3-2-8(9)7-11-4-1-5-11/h6,12H,1-5,7H2. The van der Waals surface area contributed by atoms with Gasteiger partial charge in [0.25, 0.3) is 0 Å². The van der Waals surface area contributed by atoms with Crippen LogP contribution in [0.2, 0.25) is 0 Å². The predicted octanol–water partition coefficient (Wildman–Crippen LogP) is 0.979. The molecule has 1 saturated heterocycles. The first kappa shape index (κ1) is 7.80. The number of hydrogen-bond acceptors (Lipinski definition) is 3. The Bertz CT molecular complexity index is 229. The van der Waals surface area contributed by atoms with Gasteiger partial charge in [-0.2, -0.15) is 0 Å². The van der Waals surface area contributed by atoms with E-state index in [1.54, 1.807) is 6.21 Å². The molecule has 0 spiro atoms. The van der Waals surface area contributed by atoms with E-state index < -0.39 is 0 Å². The van der Waals surface area contributed by atoms with E-state index >= 15 is 0 Å². The van der Waals surface area contributed by atoms with Gasteiger partial charge in [0.1, 0.15) is 5.76 Å². The van der Waals surface area contributed by atoms with Crippen LogP contribution in [0, 0.1) is 0 Å². The van der Waals surface area contributed by atoms with E-state index in [0.29, 0.717) is 5.76 Å². The van der Waals surface area contributed by atoms with Crippen molar-refractivity contribution in [2.24, 2.45) is 4.99 Å². The quantitative estimate of drug-likeness (QED) is 0.663. The Kier molecular flexibility index (Phi) is 2.13. The van der Waals surface area contributed by atoms with Gasteiger partial charge in [-0.15, -0.1) is 0 Å². The summed E-state index contributed by atoms with van der Waals surface area (Å²) in [5, 5.41) is 9.44. The number of nitrogens with zero attached hydrogens (tertiary/aromatic N) is 2. The van der Waals surface area contributed by atoms with Gasteiger partial charge in [-0.1, -0.05) is 0 Å². The van der Waals surface area contributed by atoms with Crippen molar-refractivity contribution in [3.63, 3.8) is 0 Å². The largest absolute Gasteiger partial charge is 0.506 e. The van der Waals surface area contributed by atoms with Crippen LogP contribution < -0.4 is 0 Å². The molecule has 0 aromatic carbocycles. The molecule has 0 aromatic rings. The lowest BCUT2D eigenvalue weighted by molar-refractivity contribution is 0.194. The molecule has 0 aliphatic carbocycles. The van der Waals surface area contributed by atoms with Gasteiger partial charge in [-0.3, -0.25) is 9.89 Å². The first-order valence-corrected chi connectivity index (χ1v) is 4.49. The monoisotopic (exact) mass is 166 g/mol. The van der Waals surface area contributed by atoms with E-state index in [2.05, 4.69) is 9.89 Å². The topological polar surface area (TPSA) is 35.8 Å². The summed E-state index contributed by atoms with van der Waals surface area (Å²) < 4.78 is 0. The van der Waals surface area contributed by atoms with E-state index in [-0.39, 0.29) is 0 Å². The third-order valence-electron chi connectivity index (χ3n) is 2.48. The van der Waals surface area contributed by atoms with Gasteiger partial charge in [0.2, 0.25) is 0 Å². The highest BCUT2D eigenvalue weighted by Gasteiger charge is 2.17. The minimum absolute atomic E-state index is 0.396. The summed E-state index contributed by atoms with van der Waals surface area (Å²) in [6.07, 6.45) is 3.82. The zero-order chi connectivity index (χ0) is 8.39. The number of hydrogen-bond donors (Lipinski definition) is 1. The molecule has 3 nitrogen and oxygen atoms in total. The van der Waals surface area contributed by atoms with Crippen molar-refractivity contribution < 1.29 is 5.11 Å². The van der Waals surface area contributed by atoms with Crippen LogP contribution in [0.3, 0.4) is 0 Å². The van der Waals surface area contributed by atoms with Gasteiger partial charge >= 0.3 is 0 Å². The molecule has 0 unspecified atom stereocenters. The average Bonchev–Trinajstić information content (AvgIpc) is 2.00. The number of rotatable bonds is 2. The van der Waals surface area contributed by atoms with Crippen molar-refractivity contribution in [1.29, 1.82) is 0 Å². The van der Waals surface area contributed by atoms with Gasteiger partial charge in [0.05, 0.1) is 6.21 Å². The Labute approximate surface area is 72.4 Å². The fourth-order valence-corrected chi connectivity index (χ4v) is 1.54. The fourth-order valence-electron chi connectivity index (χ4n) is 1.54. The second-order valence-electron chi connectivity index (χ2n) is 3.40. The minimum atomic E-state index is 0.396. The molecule has 0 amide bonds. The van der Waals surface area contributed by atoms with Crippen molar-refractivity contribution in [3.8, 4) is 0 Å². The summed E-state index contributed by atoms with van der Waals surface area (Å²) in [6.45, 7) is 4.16. The normalized spacial score (nSPS) is 24.3. The molecule has 66 valence electrons. The molecular formula is C9H14N2O. The van der Waals surface area contributed by atoms with E-state index in [1.165, 1.54) is 19.5 Å². The van der Waals surface area contributed by atoms with Gasteiger partial charge in [0, 0.05) is 13.1 Å². The lowest BCUT2D eigenvalue weighted by atomic mass is 10.1. The molecule has 0 aromatic heterocycles. The Morgan fingerprint density at radius 1 is 1.50 bits per heavy atom. The van der Waals surface area contributed by atoms with Gasteiger partial charge in [0.15, 0.2) is 0 Å². The van der Waals surface area contributed by atoms with E-state index in [9.17, 15) is 5.11 Å². The molecule has 2 aliphatic heterocycles. The SMILES string of the molecule is OC1=C(CN2CCC2)CCN=C1. The fraction of sp³-hybridized carbons (Fsp3) is 0.667. The summed E-state index contributed by atoms with van der Waals surface area (Å²) in [7, 11) is 0.